The number of hydrogen-bond donors (Lipinski definition) is 1. The average molecular weight is 422 g/mol. The van der Waals surface area contributed by atoms with E-state index in [1.165, 1.54) is 7.11 Å². The first-order chi connectivity index (χ1) is 12.2. The SMILES string of the molecule is COC(=O)C[C@@H]1Cc2cc(Br)c3[nH]ncc3c2CN(CC(C)(C)C)C1=O. The lowest BCUT2D eigenvalue weighted by Gasteiger charge is -2.31. The van der Waals surface area contributed by atoms with Gasteiger partial charge in [0.1, 0.15) is 0 Å². The molecule has 2 aromatic rings. The number of methoxy groups -OCH3 is 1. The maximum atomic E-state index is 13.2. The summed E-state index contributed by atoms with van der Waals surface area (Å²) in [5.74, 6) is -0.762. The second kappa shape index (κ2) is 7.02. The molecule has 0 fully saturated rings. The Morgan fingerprint density at radius 3 is 2.85 bits per heavy atom. The summed E-state index contributed by atoms with van der Waals surface area (Å²) in [7, 11) is 1.36. The minimum absolute atomic E-state index is 0.00860. The van der Waals surface area contributed by atoms with Gasteiger partial charge < -0.3 is 9.64 Å². The highest BCUT2D eigenvalue weighted by Crippen LogP contribution is 2.35. The monoisotopic (exact) mass is 421 g/mol. The van der Waals surface area contributed by atoms with Crippen LogP contribution < -0.4 is 0 Å². The number of aromatic amines is 1. The Kier molecular flexibility index (Phi) is 5.10. The summed E-state index contributed by atoms with van der Waals surface area (Å²) in [5.41, 5.74) is 3.06. The molecule has 26 heavy (non-hydrogen) atoms. The summed E-state index contributed by atoms with van der Waals surface area (Å²) >= 11 is 3.58. The van der Waals surface area contributed by atoms with Gasteiger partial charge in [-0.2, -0.15) is 5.10 Å². The van der Waals surface area contributed by atoms with E-state index in [1.54, 1.807) is 6.20 Å². The number of fused-ring (bicyclic) bond motifs is 3. The van der Waals surface area contributed by atoms with E-state index in [2.05, 4.69) is 46.9 Å². The highest BCUT2D eigenvalue weighted by Gasteiger charge is 2.34. The number of carbonyl (C=O) groups excluding carboxylic acids is 2. The van der Waals surface area contributed by atoms with Crippen LogP contribution in [-0.4, -0.2) is 40.6 Å². The number of amides is 1. The molecule has 0 aliphatic carbocycles. The number of esters is 1. The van der Waals surface area contributed by atoms with Gasteiger partial charge >= 0.3 is 5.97 Å². The van der Waals surface area contributed by atoms with Crippen molar-refractivity contribution in [2.75, 3.05) is 13.7 Å². The standard InChI is InChI=1S/C19H24BrN3O3/c1-19(2,3)10-23-9-14-11(5-12(18(23)25)7-16(24)26-4)6-15(20)17-13(14)8-21-22-17/h6,8,12H,5,7,9-10H2,1-4H3,(H,21,22)/t12-/m0/s1. The van der Waals surface area contributed by atoms with Crippen LogP contribution in [0.1, 0.15) is 38.3 Å². The van der Waals surface area contributed by atoms with E-state index in [0.717, 1.165) is 26.5 Å². The third-order valence-electron chi connectivity index (χ3n) is 4.67. The van der Waals surface area contributed by atoms with E-state index >= 15 is 0 Å². The second-order valence-electron chi connectivity index (χ2n) is 8.09. The Morgan fingerprint density at radius 1 is 1.46 bits per heavy atom. The number of hydrogen-bond acceptors (Lipinski definition) is 4. The molecule has 140 valence electrons. The molecule has 3 rings (SSSR count). The van der Waals surface area contributed by atoms with Gasteiger partial charge in [-0.15, -0.1) is 0 Å². The van der Waals surface area contributed by atoms with Crippen molar-refractivity contribution in [1.82, 2.24) is 15.1 Å². The summed E-state index contributed by atoms with van der Waals surface area (Å²) in [5, 5.41) is 8.19. The van der Waals surface area contributed by atoms with Crippen LogP contribution in [0.3, 0.4) is 0 Å². The van der Waals surface area contributed by atoms with Crippen molar-refractivity contribution in [3.8, 4) is 0 Å². The topological polar surface area (TPSA) is 75.3 Å². The fourth-order valence-electron chi connectivity index (χ4n) is 3.58. The number of rotatable bonds is 3. The zero-order valence-corrected chi connectivity index (χ0v) is 17.1. The molecule has 7 heteroatoms. The van der Waals surface area contributed by atoms with E-state index in [9.17, 15) is 9.59 Å². The molecule has 1 atom stereocenters. The first-order valence-corrected chi connectivity index (χ1v) is 9.48. The number of aromatic nitrogens is 2. The van der Waals surface area contributed by atoms with Crippen molar-refractivity contribution >= 4 is 38.7 Å². The largest absolute Gasteiger partial charge is 0.469 e. The summed E-state index contributed by atoms with van der Waals surface area (Å²) in [4.78, 5) is 26.9. The fourth-order valence-corrected chi connectivity index (χ4v) is 4.16. The molecule has 0 saturated heterocycles. The predicted molar refractivity (Wildman–Crippen MR) is 102 cm³/mol. The zero-order chi connectivity index (χ0) is 19.1. The Morgan fingerprint density at radius 2 is 2.19 bits per heavy atom. The first kappa shape index (κ1) is 18.9. The molecular formula is C19H24BrN3O3. The average Bonchev–Trinajstić information content (AvgIpc) is 3.00. The molecule has 1 N–H and O–H groups in total. The van der Waals surface area contributed by atoms with Gasteiger partial charge in [-0.05, 0) is 45.0 Å². The summed E-state index contributed by atoms with van der Waals surface area (Å²) in [6, 6.07) is 2.04. The van der Waals surface area contributed by atoms with Crippen molar-refractivity contribution in [2.24, 2.45) is 11.3 Å². The van der Waals surface area contributed by atoms with Crippen LogP contribution in [0.4, 0.5) is 0 Å². The van der Waals surface area contributed by atoms with Gasteiger partial charge in [-0.3, -0.25) is 14.7 Å². The molecule has 0 radical (unpaired) electrons. The van der Waals surface area contributed by atoms with Gasteiger partial charge in [0, 0.05) is 22.9 Å². The molecular weight excluding hydrogens is 398 g/mol. The molecule has 0 saturated carbocycles. The second-order valence-corrected chi connectivity index (χ2v) is 8.95. The van der Waals surface area contributed by atoms with Crippen LogP contribution in [0.5, 0.6) is 0 Å². The molecule has 6 nitrogen and oxygen atoms in total. The van der Waals surface area contributed by atoms with Gasteiger partial charge in [-0.25, -0.2) is 0 Å². The Balaban J connectivity index is 2.08. The summed E-state index contributed by atoms with van der Waals surface area (Å²) < 4.78 is 5.73. The number of benzene rings is 1. The van der Waals surface area contributed by atoms with Gasteiger partial charge in [0.25, 0.3) is 0 Å². The number of ether oxygens (including phenoxy) is 1. The molecule has 0 unspecified atom stereocenters. The van der Waals surface area contributed by atoms with Gasteiger partial charge in [0.2, 0.25) is 5.91 Å². The smallest absolute Gasteiger partial charge is 0.306 e. The van der Waals surface area contributed by atoms with Gasteiger partial charge in [0.05, 0.1) is 31.2 Å². The van der Waals surface area contributed by atoms with Crippen LogP contribution in [0.25, 0.3) is 10.9 Å². The Bertz CT molecular complexity index is 854. The number of H-pyrrole nitrogens is 1. The molecule has 1 aliphatic heterocycles. The molecule has 1 aromatic carbocycles. The van der Waals surface area contributed by atoms with Gasteiger partial charge in [0.15, 0.2) is 0 Å². The highest BCUT2D eigenvalue weighted by atomic mass is 79.9. The van der Waals surface area contributed by atoms with E-state index in [4.69, 9.17) is 4.74 Å². The number of nitrogens with one attached hydrogen (secondary N) is 1. The number of carbonyl (C=O) groups is 2. The normalized spacial score (nSPS) is 18.0. The minimum atomic E-state index is -0.415. The van der Waals surface area contributed by atoms with Crippen LogP contribution in [-0.2, 0) is 27.3 Å². The highest BCUT2D eigenvalue weighted by molar-refractivity contribution is 9.10. The number of halogens is 1. The molecule has 0 spiro atoms. The fraction of sp³-hybridized carbons (Fsp3) is 0.526. The first-order valence-electron chi connectivity index (χ1n) is 8.68. The van der Waals surface area contributed by atoms with Crippen LogP contribution in [0.15, 0.2) is 16.7 Å². The summed E-state index contributed by atoms with van der Waals surface area (Å²) in [6.45, 7) is 7.47. The summed E-state index contributed by atoms with van der Waals surface area (Å²) in [6.07, 6.45) is 2.42. The predicted octanol–water partition coefficient (Wildman–Crippen LogP) is 3.44. The maximum absolute atomic E-state index is 13.2. The quantitative estimate of drug-likeness (QED) is 0.770. The lowest BCUT2D eigenvalue weighted by Crippen LogP contribution is -2.40. The van der Waals surface area contributed by atoms with Gasteiger partial charge in [-0.1, -0.05) is 20.8 Å². The van der Waals surface area contributed by atoms with Crippen LogP contribution in [0.2, 0.25) is 0 Å². The van der Waals surface area contributed by atoms with Crippen molar-refractivity contribution in [3.63, 3.8) is 0 Å². The molecule has 1 aliphatic rings. The Hall–Kier alpha value is -1.89. The minimum Gasteiger partial charge on any atom is -0.469 e. The zero-order valence-electron chi connectivity index (χ0n) is 15.6. The van der Waals surface area contributed by atoms with E-state index in [-0.39, 0.29) is 23.7 Å². The third kappa shape index (κ3) is 3.77. The van der Waals surface area contributed by atoms with Crippen LogP contribution in [0, 0.1) is 11.3 Å². The van der Waals surface area contributed by atoms with E-state index in [0.29, 0.717) is 19.5 Å². The van der Waals surface area contributed by atoms with Crippen molar-refractivity contribution in [1.29, 1.82) is 0 Å². The van der Waals surface area contributed by atoms with E-state index < -0.39 is 5.92 Å². The van der Waals surface area contributed by atoms with E-state index in [1.807, 2.05) is 11.0 Å². The van der Waals surface area contributed by atoms with Crippen molar-refractivity contribution in [2.45, 2.75) is 40.2 Å². The van der Waals surface area contributed by atoms with Crippen molar-refractivity contribution in [3.05, 3.63) is 27.9 Å². The number of nitrogens with zero attached hydrogens (tertiary/aromatic N) is 2. The lowest BCUT2D eigenvalue weighted by atomic mass is 9.92. The molecule has 2 heterocycles. The molecule has 1 aromatic heterocycles. The van der Waals surface area contributed by atoms with Crippen LogP contribution >= 0.6 is 15.9 Å². The lowest BCUT2D eigenvalue weighted by molar-refractivity contribution is -0.147. The maximum Gasteiger partial charge on any atom is 0.306 e. The Labute approximate surface area is 161 Å². The molecule has 0 bridgehead atoms. The third-order valence-corrected chi connectivity index (χ3v) is 5.30. The van der Waals surface area contributed by atoms with Crippen molar-refractivity contribution < 1.29 is 14.3 Å². The molecule has 1 amide bonds.